The second-order valence-corrected chi connectivity index (χ2v) is 9.88. The Balaban J connectivity index is 0. The van der Waals surface area contributed by atoms with Crippen LogP contribution >= 0.6 is 17.1 Å². The van der Waals surface area contributed by atoms with Crippen LogP contribution in [0.5, 0.6) is 0 Å². The van der Waals surface area contributed by atoms with Crippen LogP contribution in [0, 0.1) is 5.92 Å². The van der Waals surface area contributed by atoms with E-state index in [4.69, 9.17) is 0 Å². The molecule has 1 atom stereocenters. The van der Waals surface area contributed by atoms with E-state index in [0.717, 1.165) is 30.6 Å². The molecule has 0 rings (SSSR count). The van der Waals surface area contributed by atoms with Crippen LogP contribution in [0.1, 0.15) is 47.0 Å². The number of hydrogen-bond acceptors (Lipinski definition) is 4. The molecule has 0 aromatic carbocycles. The van der Waals surface area contributed by atoms with E-state index in [1.54, 1.807) is 0 Å². The first-order chi connectivity index (χ1) is 6.27. The molecular weight excluding hydrogens is 301 g/mol. The molecule has 0 saturated heterocycles. The molecule has 6 heteroatoms. The van der Waals surface area contributed by atoms with E-state index in [2.05, 4.69) is 32.6 Å². The Morgan fingerprint density at radius 2 is 1.80 bits per heavy atom. The van der Waals surface area contributed by atoms with E-state index < -0.39 is 5.69 Å². The molecule has 0 aliphatic rings. The molecule has 0 spiro atoms. The third-order valence-corrected chi connectivity index (χ3v) is 6.60. The zero-order chi connectivity index (χ0) is 11.4. The smallest absolute Gasteiger partial charge is 0.825 e. The van der Waals surface area contributed by atoms with E-state index >= 15 is 0 Å². The summed E-state index contributed by atoms with van der Waals surface area (Å²) in [4.78, 5) is 22.4. The van der Waals surface area contributed by atoms with E-state index in [9.17, 15) is 9.79 Å². The van der Waals surface area contributed by atoms with Gasteiger partial charge in [-0.2, -0.15) is 5.69 Å². The van der Waals surface area contributed by atoms with Gasteiger partial charge in [-0.3, -0.25) is 0 Å². The molecule has 0 aromatic rings. The zero-order valence-corrected chi connectivity index (χ0v) is 15.5. The van der Waals surface area contributed by atoms with Gasteiger partial charge in [0.2, 0.25) is 0 Å². The van der Waals surface area contributed by atoms with Crippen LogP contribution in [0.3, 0.4) is 0 Å². The minimum Gasteiger partial charge on any atom is -0.825 e. The topological polar surface area (TPSA) is 46.1 Å². The molecule has 0 amide bonds. The maximum absolute atomic E-state index is 11.2. The van der Waals surface area contributed by atoms with Crippen molar-refractivity contribution in [1.29, 1.82) is 0 Å². The molecule has 2 nitrogen and oxygen atoms in total. The molecule has 1 unspecified atom stereocenters. The van der Waals surface area contributed by atoms with Gasteiger partial charge < -0.3 is 9.79 Å². The van der Waals surface area contributed by atoms with Crippen molar-refractivity contribution in [2.45, 2.75) is 51.7 Å². The fourth-order valence-electron chi connectivity index (χ4n) is 1.74. The van der Waals surface area contributed by atoms with Gasteiger partial charge in [0, 0.05) is 4.75 Å². The second-order valence-electron chi connectivity index (χ2n) is 3.86. The summed E-state index contributed by atoms with van der Waals surface area (Å²) < 4.78 is -0.187. The molecular formula is C9H19O2PS2Zn. The van der Waals surface area contributed by atoms with Crippen molar-refractivity contribution in [3.63, 3.8) is 0 Å². The average molecular weight is 320 g/mol. The van der Waals surface area contributed by atoms with Crippen molar-refractivity contribution in [2.75, 3.05) is 0 Å². The average Bonchev–Trinajstić information content (AvgIpc) is 2.00. The largest absolute Gasteiger partial charge is 2.00 e. The fraction of sp³-hybridized carbons (Fsp3) is 1.00. The fourth-order valence-corrected chi connectivity index (χ4v) is 6.78. The minimum atomic E-state index is -3.64. The summed E-state index contributed by atoms with van der Waals surface area (Å²) in [6, 6.07) is 0. The molecule has 0 aromatic heterocycles. The third kappa shape index (κ3) is 6.76. The Hall–Kier alpha value is 1.54. The minimum absolute atomic E-state index is 0. The third-order valence-electron chi connectivity index (χ3n) is 2.62. The monoisotopic (exact) mass is 318 g/mol. The van der Waals surface area contributed by atoms with Gasteiger partial charge in [-0.15, -0.1) is 23.2 Å². The Labute approximate surface area is 115 Å². The standard InChI is InChI=1S/C9H21O2PS2.Zn/c1-5-7-9(6-2,8(3)4)14-12(10,11)13;/h8H,5-7H2,1-4H3,(H2,10,11,13);/q;+2/p-2. The first-order valence-corrected chi connectivity index (χ1v) is 9.06. The van der Waals surface area contributed by atoms with Gasteiger partial charge in [-0.25, -0.2) is 0 Å². The van der Waals surface area contributed by atoms with Crippen LogP contribution < -0.4 is 9.79 Å². The van der Waals surface area contributed by atoms with E-state index in [0.29, 0.717) is 5.92 Å². The van der Waals surface area contributed by atoms with Crippen molar-refractivity contribution < 1.29 is 29.3 Å². The first-order valence-electron chi connectivity index (χ1n) is 5.00. The Morgan fingerprint density at radius 1 is 1.33 bits per heavy atom. The van der Waals surface area contributed by atoms with Crippen LogP contribution in [-0.2, 0) is 31.3 Å². The predicted octanol–water partition coefficient (Wildman–Crippen LogP) is 2.27. The van der Waals surface area contributed by atoms with Crippen LogP contribution in [0.4, 0.5) is 0 Å². The molecule has 86 valence electrons. The first kappa shape index (κ1) is 18.9. The van der Waals surface area contributed by atoms with Crippen LogP contribution in [-0.4, -0.2) is 4.75 Å². The van der Waals surface area contributed by atoms with Crippen LogP contribution in [0.15, 0.2) is 0 Å². The van der Waals surface area contributed by atoms with Gasteiger partial charge in [-0.1, -0.05) is 34.1 Å². The summed E-state index contributed by atoms with van der Waals surface area (Å²) in [5.41, 5.74) is -3.64. The van der Waals surface area contributed by atoms with Gasteiger partial charge in [0.1, 0.15) is 0 Å². The van der Waals surface area contributed by atoms with Crippen molar-refractivity contribution >= 4 is 28.9 Å². The van der Waals surface area contributed by atoms with E-state index in [1.807, 2.05) is 6.92 Å². The zero-order valence-electron chi connectivity index (χ0n) is 9.99. The quantitative estimate of drug-likeness (QED) is 0.556. The summed E-state index contributed by atoms with van der Waals surface area (Å²) >= 11 is 5.49. The summed E-state index contributed by atoms with van der Waals surface area (Å²) in [6.07, 6.45) is 2.76. The molecule has 0 aliphatic heterocycles. The maximum Gasteiger partial charge on any atom is 2.00 e. The molecule has 0 aliphatic carbocycles. The summed E-state index contributed by atoms with van der Waals surface area (Å²) in [5.74, 6) is 0.336. The van der Waals surface area contributed by atoms with Gasteiger partial charge >= 0.3 is 19.5 Å². The summed E-state index contributed by atoms with van der Waals surface area (Å²) in [6.45, 7) is 8.24. The van der Waals surface area contributed by atoms with Gasteiger partial charge in [0.15, 0.2) is 0 Å². The Kier molecular flexibility index (Phi) is 9.81. The summed E-state index contributed by atoms with van der Waals surface area (Å²) in [7, 11) is 0. The number of rotatable bonds is 6. The predicted molar refractivity (Wildman–Crippen MR) is 64.6 cm³/mol. The van der Waals surface area contributed by atoms with E-state index in [1.165, 1.54) is 0 Å². The Morgan fingerprint density at radius 3 is 2.00 bits per heavy atom. The molecule has 15 heavy (non-hydrogen) atoms. The van der Waals surface area contributed by atoms with Crippen molar-refractivity contribution in [1.82, 2.24) is 0 Å². The normalized spacial score (nSPS) is 15.9. The Bertz CT molecular complexity index is 220. The summed E-state index contributed by atoms with van der Waals surface area (Å²) in [5, 5.41) is 0. The van der Waals surface area contributed by atoms with Crippen LogP contribution in [0.25, 0.3) is 0 Å². The maximum atomic E-state index is 11.2. The molecule has 0 heterocycles. The molecule has 0 fully saturated rings. The van der Waals surface area contributed by atoms with Crippen LogP contribution in [0.2, 0.25) is 0 Å². The second kappa shape index (κ2) is 7.79. The molecule has 0 N–H and O–H groups in total. The van der Waals surface area contributed by atoms with Gasteiger partial charge in [0.25, 0.3) is 0 Å². The van der Waals surface area contributed by atoms with E-state index in [-0.39, 0.29) is 24.2 Å². The van der Waals surface area contributed by atoms with Crippen molar-refractivity contribution in [3.8, 4) is 0 Å². The van der Waals surface area contributed by atoms with Gasteiger partial charge in [0.05, 0.1) is 0 Å². The molecule has 0 saturated carbocycles. The van der Waals surface area contributed by atoms with Crippen molar-refractivity contribution in [2.24, 2.45) is 5.92 Å². The SMILES string of the molecule is CCCC(CC)(SP([O-])([O-])=S)C(C)C.[Zn+2]. The molecule has 0 bridgehead atoms. The molecule has 0 radical (unpaired) electrons. The van der Waals surface area contributed by atoms with Gasteiger partial charge in [-0.05, 0) is 18.8 Å². The van der Waals surface area contributed by atoms with Crippen molar-refractivity contribution in [3.05, 3.63) is 0 Å². The number of hydrogen-bond donors (Lipinski definition) is 0.